The molecule has 0 N–H and O–H groups in total. The number of rotatable bonds is 8. The third-order valence-corrected chi connectivity index (χ3v) is 10.8. The van der Waals surface area contributed by atoms with Gasteiger partial charge in [0, 0.05) is 71.7 Å². The van der Waals surface area contributed by atoms with Gasteiger partial charge in [0.1, 0.15) is 7.06 Å². The molecule has 11 heteroatoms. The molecule has 0 aliphatic heterocycles. The van der Waals surface area contributed by atoms with Crippen molar-refractivity contribution in [2.24, 2.45) is 0 Å². The van der Waals surface area contributed by atoms with E-state index in [9.17, 15) is 0 Å². The Hall–Kier alpha value is -3.32. The number of hydrogen-bond donors (Lipinski definition) is 0. The van der Waals surface area contributed by atoms with E-state index in [1.807, 2.05) is 0 Å². The average molecular weight is 584 g/mol. The standard InChI is InChI=1S/C36H29B10N/c1-34(28-16-7-3-12-24(28)22-25-13-4-8-17-29(25)34)32-20-11-21-33(47(32)45(44-39)36(37,42-38)43-46(40)41)35(2)30-18-9-5-14-26(30)23-27-15-6-10-19-31(27)35/h3-21H,22-23H2,1-2H3/q+1. The second-order valence-corrected chi connectivity index (χ2v) is 13.4. The summed E-state index contributed by atoms with van der Waals surface area (Å²) in [6.45, 7) is 3.99. The van der Waals surface area contributed by atoms with Gasteiger partial charge in [-0.15, -0.1) is 0 Å². The monoisotopic (exact) mass is 585 g/mol. The summed E-state index contributed by atoms with van der Waals surface area (Å²) in [5.74, 6) is 0. The Morgan fingerprint density at radius 2 is 0.957 bits per heavy atom. The van der Waals surface area contributed by atoms with Crippen LogP contribution < -0.4 is 4.48 Å². The second kappa shape index (κ2) is 12.3. The maximum Gasteiger partial charge on any atom is 0.401 e. The van der Waals surface area contributed by atoms with Crippen LogP contribution in [0, 0.1) is 0 Å². The number of fused-ring (bicyclic) bond motifs is 4. The lowest BCUT2D eigenvalue weighted by Crippen LogP contribution is -2.73. The highest BCUT2D eigenvalue weighted by atomic mass is 14.9. The highest BCUT2D eigenvalue weighted by molar-refractivity contribution is 7.57. The Kier molecular flexibility index (Phi) is 8.43. The highest BCUT2D eigenvalue weighted by Crippen LogP contribution is 2.48. The smallest absolute Gasteiger partial charge is 0.293 e. The molecule has 0 fully saturated rings. The van der Waals surface area contributed by atoms with Crippen LogP contribution in [0.4, 0.5) is 0 Å². The normalized spacial score (nSPS) is 16.2. The van der Waals surface area contributed by atoms with Crippen LogP contribution in [-0.2, 0) is 23.7 Å². The summed E-state index contributed by atoms with van der Waals surface area (Å²) in [7, 11) is 37.5. The summed E-state index contributed by atoms with van der Waals surface area (Å²) in [4.78, 5) is 0. The number of pyridine rings is 1. The molecule has 0 spiro atoms. The van der Waals surface area contributed by atoms with Crippen LogP contribution in [0.1, 0.15) is 69.7 Å². The lowest BCUT2D eigenvalue weighted by Gasteiger charge is -2.43. The van der Waals surface area contributed by atoms with Crippen molar-refractivity contribution in [1.29, 1.82) is 0 Å². The fraction of sp³-hybridized carbons (Fsp3) is 0.194. The molecule has 0 amide bonds. The first kappa shape index (κ1) is 32.2. The molecule has 2 aliphatic rings. The van der Waals surface area contributed by atoms with E-state index in [2.05, 4.69) is 134 Å². The highest BCUT2D eigenvalue weighted by Gasteiger charge is 2.54. The van der Waals surface area contributed by atoms with Gasteiger partial charge in [0.2, 0.25) is 0 Å². The Balaban J connectivity index is 1.63. The molecular weight excluding hydrogens is 555 g/mol. The van der Waals surface area contributed by atoms with Gasteiger partial charge in [-0.1, -0.05) is 102 Å². The quantitative estimate of drug-likeness (QED) is 0.247. The minimum absolute atomic E-state index is 0.576. The predicted octanol–water partition coefficient (Wildman–Crippen LogP) is 3.21. The Labute approximate surface area is 290 Å². The molecule has 5 aromatic rings. The van der Waals surface area contributed by atoms with Gasteiger partial charge in [-0.05, 0) is 77.3 Å². The minimum Gasteiger partial charge on any atom is -0.293 e. The van der Waals surface area contributed by atoms with Crippen LogP contribution in [0.3, 0.4) is 0 Å². The first-order valence-corrected chi connectivity index (χ1v) is 16.3. The molecule has 4 aromatic carbocycles. The summed E-state index contributed by atoms with van der Waals surface area (Å²) in [5.41, 5.74) is 11.1. The van der Waals surface area contributed by atoms with Crippen LogP contribution >= 0.6 is 0 Å². The Morgan fingerprint density at radius 1 is 0.596 bits per heavy atom. The number of aromatic nitrogens is 1. The molecule has 0 saturated carbocycles. The number of nitrogens with zero attached hydrogens (tertiary/aromatic N) is 1. The van der Waals surface area contributed by atoms with Crippen LogP contribution in [0.5, 0.6) is 0 Å². The molecule has 0 saturated heterocycles. The predicted molar refractivity (Wildman–Crippen MR) is 205 cm³/mol. The molecular formula is C36H29B10N+. The van der Waals surface area contributed by atoms with Crippen molar-refractivity contribution >= 4 is 73.3 Å². The molecule has 1 atom stereocenters. The van der Waals surface area contributed by atoms with Crippen molar-refractivity contribution < 1.29 is 4.48 Å². The van der Waals surface area contributed by atoms with E-state index in [0.29, 0.717) is 0 Å². The van der Waals surface area contributed by atoms with Crippen molar-refractivity contribution in [2.75, 3.05) is 0 Å². The lowest BCUT2D eigenvalue weighted by molar-refractivity contribution is -0.560. The van der Waals surface area contributed by atoms with Crippen molar-refractivity contribution in [2.45, 2.75) is 42.5 Å². The zero-order valence-corrected chi connectivity index (χ0v) is 27.1. The summed E-state index contributed by atoms with van der Waals surface area (Å²) in [6, 6.07) is 41.6. The molecule has 207 valence electrons. The molecule has 2 aliphatic carbocycles. The molecule has 1 nitrogen and oxygen atoms in total. The zero-order valence-electron chi connectivity index (χ0n) is 27.1. The molecule has 1 aromatic heterocycles. The molecule has 47 heavy (non-hydrogen) atoms. The van der Waals surface area contributed by atoms with Gasteiger partial charge >= 0.3 is 6.74 Å². The van der Waals surface area contributed by atoms with Crippen molar-refractivity contribution in [3.63, 3.8) is 0 Å². The Bertz CT molecular complexity index is 1750. The lowest BCUT2D eigenvalue weighted by atomic mass is 8.84. The third-order valence-electron chi connectivity index (χ3n) is 10.8. The van der Waals surface area contributed by atoms with E-state index < -0.39 is 29.0 Å². The molecule has 1 heterocycles. The van der Waals surface area contributed by atoms with Crippen LogP contribution in [0.25, 0.3) is 0 Å². The number of benzene rings is 4. The van der Waals surface area contributed by atoms with Gasteiger partial charge in [-0.3, -0.25) is 4.48 Å². The fourth-order valence-corrected chi connectivity index (χ4v) is 8.60. The fourth-order valence-electron chi connectivity index (χ4n) is 8.60. The summed E-state index contributed by atoms with van der Waals surface area (Å²) < 4.78 is 2.33. The molecule has 0 bridgehead atoms. The summed E-state index contributed by atoms with van der Waals surface area (Å²) in [5, 5.41) is -1.29. The van der Waals surface area contributed by atoms with Gasteiger partial charge in [0.05, 0.1) is 10.8 Å². The van der Waals surface area contributed by atoms with Crippen LogP contribution in [-0.4, -0.2) is 73.3 Å². The maximum absolute atomic E-state index is 7.22. The van der Waals surface area contributed by atoms with E-state index in [0.717, 1.165) is 24.2 Å². The first-order valence-electron chi connectivity index (χ1n) is 16.3. The maximum atomic E-state index is 7.22. The van der Waals surface area contributed by atoms with Crippen molar-refractivity contribution in [1.82, 2.24) is 0 Å². The van der Waals surface area contributed by atoms with Gasteiger partial charge < -0.3 is 0 Å². The van der Waals surface area contributed by atoms with Gasteiger partial charge in [-0.2, -0.15) is 0 Å². The van der Waals surface area contributed by atoms with Crippen LogP contribution in [0.2, 0.25) is 5.01 Å². The molecule has 7 rings (SSSR count). The second-order valence-electron chi connectivity index (χ2n) is 13.4. The minimum atomic E-state index is -1.29. The molecule has 1 unspecified atom stereocenters. The van der Waals surface area contributed by atoms with Gasteiger partial charge in [0.25, 0.3) is 0 Å². The Morgan fingerprint density at radius 3 is 1.28 bits per heavy atom. The average Bonchev–Trinajstić information content (AvgIpc) is 3.08. The van der Waals surface area contributed by atoms with E-state index in [1.54, 1.807) is 14.2 Å². The summed E-state index contributed by atoms with van der Waals surface area (Å²) >= 11 is 0. The van der Waals surface area contributed by atoms with E-state index in [4.69, 9.17) is 38.8 Å². The van der Waals surface area contributed by atoms with E-state index in [1.165, 1.54) is 51.7 Å². The van der Waals surface area contributed by atoms with Crippen molar-refractivity contribution in [3.05, 3.63) is 171 Å². The molecule has 13 radical (unpaired) electrons. The van der Waals surface area contributed by atoms with E-state index >= 15 is 0 Å². The van der Waals surface area contributed by atoms with Gasteiger partial charge in [-0.25, -0.2) is 0 Å². The third kappa shape index (κ3) is 5.01. The zero-order chi connectivity index (χ0) is 33.0. The van der Waals surface area contributed by atoms with Crippen LogP contribution in [0.15, 0.2) is 115 Å². The largest absolute Gasteiger partial charge is 0.401 e. The first-order chi connectivity index (χ1) is 22.7. The topological polar surface area (TPSA) is 3.88 Å². The summed E-state index contributed by atoms with van der Waals surface area (Å²) in [6.07, 6.45) is 0.899. The van der Waals surface area contributed by atoms with E-state index in [-0.39, 0.29) is 0 Å². The van der Waals surface area contributed by atoms with Gasteiger partial charge in [0.15, 0.2) is 11.4 Å². The number of hydrogen-bond acceptors (Lipinski definition) is 0. The SMILES string of the molecule is [B][B]B([n+]1c(C2(C)c3ccccc3Cc3ccccc32)cccc1C1(C)c2ccccc2Cc2ccccc21)C([B])([B][B])[B]B([B])[B]. The van der Waals surface area contributed by atoms with Crippen molar-refractivity contribution in [3.8, 4) is 0 Å².